The Labute approximate surface area is 77.6 Å². The summed E-state index contributed by atoms with van der Waals surface area (Å²) in [6, 6.07) is 12.7. The summed E-state index contributed by atoms with van der Waals surface area (Å²) in [4.78, 5) is 4.16. The molecule has 1 aromatic carbocycles. The van der Waals surface area contributed by atoms with E-state index >= 15 is 0 Å². The number of rotatable bonds is 0. The van der Waals surface area contributed by atoms with Gasteiger partial charge < -0.3 is 0 Å². The molecule has 0 N–H and O–H groups in total. The Morgan fingerprint density at radius 2 is 2.18 bits per heavy atom. The normalized spacial score (nSPS) is 9.09. The minimum atomic E-state index is 0. The maximum atomic E-state index is 4.16. The van der Waals surface area contributed by atoms with Crippen molar-refractivity contribution < 1.29 is 18.9 Å². The third kappa shape index (κ3) is 1.62. The van der Waals surface area contributed by atoms with E-state index in [-0.39, 0.29) is 18.9 Å². The van der Waals surface area contributed by atoms with Gasteiger partial charge in [-0.1, -0.05) is 6.07 Å². The van der Waals surface area contributed by atoms with Crippen molar-refractivity contribution in [1.82, 2.24) is 4.98 Å². The van der Waals surface area contributed by atoms with Gasteiger partial charge in [-0.3, -0.25) is 4.98 Å². The molecule has 0 fully saturated rings. The number of pyridine rings is 1. The minimum Gasteiger partial charge on any atom is -0.283 e. The molecule has 0 aliphatic rings. The van der Waals surface area contributed by atoms with Crippen molar-refractivity contribution >= 4 is 10.9 Å². The molecular formula is C9H6LiN. The first-order chi connectivity index (χ1) is 4.97. The van der Waals surface area contributed by atoms with Crippen LogP contribution >= 0.6 is 0 Å². The van der Waals surface area contributed by atoms with E-state index in [4.69, 9.17) is 0 Å². The molecule has 11 heavy (non-hydrogen) atoms. The predicted octanol–water partition coefficient (Wildman–Crippen LogP) is -0.961. The molecule has 0 saturated carbocycles. The van der Waals surface area contributed by atoms with Crippen LogP contribution in [0.15, 0.2) is 36.5 Å². The Morgan fingerprint density at radius 3 is 3.00 bits per heavy atom. The predicted molar refractivity (Wildman–Crippen MR) is 40.6 cm³/mol. The summed E-state index contributed by atoms with van der Waals surface area (Å²) in [5.74, 6) is 0. The number of fused-ring (bicyclic) bond motifs is 1. The molecule has 0 spiro atoms. The van der Waals surface area contributed by atoms with Crippen LogP contribution in [-0.4, -0.2) is 4.98 Å². The molecule has 0 atom stereocenters. The summed E-state index contributed by atoms with van der Waals surface area (Å²) in [6.45, 7) is 0. The largest absolute Gasteiger partial charge is 1.00 e. The van der Waals surface area contributed by atoms with Crippen molar-refractivity contribution in [3.05, 3.63) is 42.6 Å². The van der Waals surface area contributed by atoms with Gasteiger partial charge in [0.25, 0.3) is 0 Å². The van der Waals surface area contributed by atoms with Crippen LogP contribution in [0.25, 0.3) is 10.9 Å². The SMILES string of the molecule is [Li+].[c-]1ccc2ncccc2c1. The van der Waals surface area contributed by atoms with Crippen LogP contribution in [0.4, 0.5) is 0 Å². The van der Waals surface area contributed by atoms with Crippen molar-refractivity contribution in [2.75, 3.05) is 0 Å². The Hall–Kier alpha value is -0.773. The third-order valence-electron chi connectivity index (χ3n) is 1.45. The van der Waals surface area contributed by atoms with Gasteiger partial charge in [-0.15, -0.1) is 17.5 Å². The second kappa shape index (κ2) is 3.57. The number of nitrogens with zero attached hydrogens (tertiary/aromatic N) is 1. The van der Waals surface area contributed by atoms with Crippen molar-refractivity contribution in [3.63, 3.8) is 0 Å². The molecular weight excluding hydrogens is 129 g/mol. The molecule has 2 heteroatoms. The maximum Gasteiger partial charge on any atom is 1.00 e. The van der Waals surface area contributed by atoms with Gasteiger partial charge in [-0.25, -0.2) is 0 Å². The van der Waals surface area contributed by atoms with Gasteiger partial charge in [-0.05, 0) is 5.52 Å². The number of aromatic nitrogens is 1. The summed E-state index contributed by atoms with van der Waals surface area (Å²) in [5, 5.41) is 1.14. The zero-order valence-corrected chi connectivity index (χ0v) is 6.41. The fraction of sp³-hybridized carbons (Fsp3) is 0. The molecule has 2 aromatic rings. The van der Waals surface area contributed by atoms with Crippen molar-refractivity contribution in [2.24, 2.45) is 0 Å². The Balaban J connectivity index is 0.000000605. The van der Waals surface area contributed by atoms with Gasteiger partial charge in [0.15, 0.2) is 0 Å². The summed E-state index contributed by atoms with van der Waals surface area (Å²) < 4.78 is 0. The van der Waals surface area contributed by atoms with E-state index in [0.717, 1.165) is 10.9 Å². The Bertz CT molecular complexity index is 281. The zero-order valence-electron chi connectivity index (χ0n) is 6.41. The molecule has 0 aliphatic heterocycles. The van der Waals surface area contributed by atoms with Crippen LogP contribution in [0.2, 0.25) is 0 Å². The molecule has 1 aromatic heterocycles. The number of hydrogen-bond donors (Lipinski definition) is 0. The maximum absolute atomic E-state index is 4.16. The topological polar surface area (TPSA) is 12.9 Å². The molecule has 0 amide bonds. The standard InChI is InChI=1S/C9H6N.Li/c1-2-6-9-8(4-1)5-3-7-10-9;/h2-7H;/q-1;+1. The van der Waals surface area contributed by atoms with Crippen LogP contribution in [-0.2, 0) is 0 Å². The first-order valence-electron chi connectivity index (χ1n) is 3.18. The quantitative estimate of drug-likeness (QED) is 0.335. The molecule has 0 bridgehead atoms. The molecule has 0 radical (unpaired) electrons. The Kier molecular flexibility index (Phi) is 2.70. The number of hydrogen-bond acceptors (Lipinski definition) is 1. The summed E-state index contributed by atoms with van der Waals surface area (Å²) >= 11 is 0. The van der Waals surface area contributed by atoms with E-state index < -0.39 is 0 Å². The molecule has 48 valence electrons. The van der Waals surface area contributed by atoms with E-state index in [1.54, 1.807) is 6.20 Å². The van der Waals surface area contributed by atoms with Gasteiger partial charge in [-0.2, -0.15) is 18.2 Å². The summed E-state index contributed by atoms with van der Waals surface area (Å²) in [6.07, 6.45) is 1.79. The smallest absolute Gasteiger partial charge is 0.283 e. The van der Waals surface area contributed by atoms with Crippen LogP contribution in [0, 0.1) is 6.07 Å². The zero-order chi connectivity index (χ0) is 6.81. The van der Waals surface area contributed by atoms with E-state index in [1.807, 2.05) is 30.3 Å². The molecule has 0 unspecified atom stereocenters. The van der Waals surface area contributed by atoms with Crippen molar-refractivity contribution in [1.29, 1.82) is 0 Å². The average Bonchev–Trinajstić information content (AvgIpc) is 2.05. The average molecular weight is 135 g/mol. The van der Waals surface area contributed by atoms with Gasteiger partial charge in [0, 0.05) is 6.20 Å². The van der Waals surface area contributed by atoms with Gasteiger partial charge in [0.05, 0.1) is 0 Å². The molecule has 1 nitrogen and oxygen atoms in total. The molecule has 2 rings (SSSR count). The van der Waals surface area contributed by atoms with Crippen LogP contribution in [0.1, 0.15) is 0 Å². The fourth-order valence-corrected chi connectivity index (χ4v) is 0.956. The van der Waals surface area contributed by atoms with Gasteiger partial charge in [0.1, 0.15) is 0 Å². The van der Waals surface area contributed by atoms with Crippen molar-refractivity contribution in [3.8, 4) is 0 Å². The third-order valence-corrected chi connectivity index (χ3v) is 1.45. The second-order valence-corrected chi connectivity index (χ2v) is 2.12. The Morgan fingerprint density at radius 1 is 1.27 bits per heavy atom. The van der Waals surface area contributed by atoms with E-state index in [0.29, 0.717) is 0 Å². The van der Waals surface area contributed by atoms with E-state index in [1.165, 1.54) is 0 Å². The summed E-state index contributed by atoms with van der Waals surface area (Å²) in [5.41, 5.74) is 1.03. The monoisotopic (exact) mass is 135 g/mol. The van der Waals surface area contributed by atoms with Crippen LogP contribution in [0.3, 0.4) is 0 Å². The fourth-order valence-electron chi connectivity index (χ4n) is 0.956. The first-order valence-corrected chi connectivity index (χ1v) is 3.18. The minimum absolute atomic E-state index is 0. The molecule has 1 heterocycles. The van der Waals surface area contributed by atoms with Crippen LogP contribution in [0.5, 0.6) is 0 Å². The van der Waals surface area contributed by atoms with Gasteiger partial charge in [0.2, 0.25) is 0 Å². The first kappa shape index (κ1) is 8.33. The molecule has 0 saturated heterocycles. The van der Waals surface area contributed by atoms with Crippen LogP contribution < -0.4 is 18.9 Å². The summed E-state index contributed by atoms with van der Waals surface area (Å²) in [7, 11) is 0. The van der Waals surface area contributed by atoms with E-state index in [2.05, 4.69) is 11.1 Å². The van der Waals surface area contributed by atoms with E-state index in [9.17, 15) is 0 Å². The second-order valence-electron chi connectivity index (χ2n) is 2.12. The van der Waals surface area contributed by atoms with Crippen molar-refractivity contribution in [2.45, 2.75) is 0 Å². The number of benzene rings is 1. The molecule has 0 aliphatic carbocycles. The van der Waals surface area contributed by atoms with Gasteiger partial charge >= 0.3 is 18.9 Å².